The highest BCUT2D eigenvalue weighted by atomic mass is 35.5. The minimum Gasteiger partial charge on any atom is -0.175 e. The van der Waals surface area contributed by atoms with E-state index in [1.54, 1.807) is 0 Å². The van der Waals surface area contributed by atoms with Gasteiger partial charge in [0.1, 0.15) is 0 Å². The van der Waals surface area contributed by atoms with Crippen molar-refractivity contribution in [3.05, 3.63) is 34.3 Å². The molecule has 0 unspecified atom stereocenters. The molecular weight excluding hydrogens is 221 g/mol. The fraction of sp³-hybridized carbons (Fsp3) is 0.250. The fourth-order valence-corrected chi connectivity index (χ4v) is 1.43. The Morgan fingerprint density at radius 3 is 2.38 bits per heavy atom. The minimum absolute atomic E-state index is 0.0232. The standard InChI is InChI=1S/C8H6ClF3S/c9-6-1-2-7(8(10,11)12)5(3-6)4-13/h1-3,13H,4H2. The van der Waals surface area contributed by atoms with Crippen molar-refractivity contribution in [3.8, 4) is 0 Å². The number of halogens is 4. The lowest BCUT2D eigenvalue weighted by atomic mass is 10.1. The molecule has 0 aliphatic rings. The SMILES string of the molecule is FC(F)(F)c1ccc(Cl)cc1CS. The molecule has 0 N–H and O–H groups in total. The van der Waals surface area contributed by atoms with E-state index in [-0.39, 0.29) is 16.3 Å². The normalized spacial score (nSPS) is 11.8. The van der Waals surface area contributed by atoms with E-state index in [1.165, 1.54) is 12.1 Å². The van der Waals surface area contributed by atoms with Crippen LogP contribution in [0.5, 0.6) is 0 Å². The summed E-state index contributed by atoms with van der Waals surface area (Å²) in [4.78, 5) is 0. The van der Waals surface area contributed by atoms with Gasteiger partial charge in [0.25, 0.3) is 0 Å². The Bertz CT molecular complexity index is 309. The van der Waals surface area contributed by atoms with Gasteiger partial charge in [-0.05, 0) is 23.8 Å². The molecule has 0 aromatic heterocycles. The van der Waals surface area contributed by atoms with Crippen molar-refractivity contribution in [1.29, 1.82) is 0 Å². The quantitative estimate of drug-likeness (QED) is 0.692. The van der Waals surface area contributed by atoms with E-state index >= 15 is 0 Å². The first-order valence-electron chi connectivity index (χ1n) is 3.41. The smallest absolute Gasteiger partial charge is 0.175 e. The summed E-state index contributed by atoms with van der Waals surface area (Å²) in [5, 5.41) is 0.289. The second-order valence-electron chi connectivity index (χ2n) is 2.46. The van der Waals surface area contributed by atoms with Crippen LogP contribution in [0.25, 0.3) is 0 Å². The molecule has 0 amide bonds. The molecule has 0 bridgehead atoms. The molecule has 0 saturated carbocycles. The number of hydrogen-bond acceptors (Lipinski definition) is 1. The van der Waals surface area contributed by atoms with E-state index in [0.717, 1.165) is 6.07 Å². The van der Waals surface area contributed by atoms with E-state index < -0.39 is 11.7 Å². The van der Waals surface area contributed by atoms with Crippen molar-refractivity contribution >= 4 is 24.2 Å². The monoisotopic (exact) mass is 226 g/mol. The van der Waals surface area contributed by atoms with Crippen LogP contribution in [0, 0.1) is 0 Å². The number of hydrogen-bond donors (Lipinski definition) is 1. The van der Waals surface area contributed by atoms with Gasteiger partial charge in [-0.15, -0.1) is 0 Å². The molecule has 72 valence electrons. The lowest BCUT2D eigenvalue weighted by Crippen LogP contribution is -2.08. The Labute approximate surface area is 84.1 Å². The zero-order valence-corrected chi connectivity index (χ0v) is 8.05. The third-order valence-electron chi connectivity index (χ3n) is 1.54. The zero-order chi connectivity index (χ0) is 10.1. The lowest BCUT2D eigenvalue weighted by Gasteiger charge is -2.11. The van der Waals surface area contributed by atoms with Crippen molar-refractivity contribution in [2.24, 2.45) is 0 Å². The van der Waals surface area contributed by atoms with Gasteiger partial charge in [-0.1, -0.05) is 11.6 Å². The predicted octanol–water partition coefficient (Wildman–Crippen LogP) is 3.79. The molecule has 0 fully saturated rings. The van der Waals surface area contributed by atoms with Crippen LogP contribution in [0.1, 0.15) is 11.1 Å². The summed E-state index contributed by atoms with van der Waals surface area (Å²) in [6.07, 6.45) is -4.33. The van der Waals surface area contributed by atoms with Crippen LogP contribution < -0.4 is 0 Å². The summed E-state index contributed by atoms with van der Waals surface area (Å²) in [7, 11) is 0. The highest BCUT2D eigenvalue weighted by Crippen LogP contribution is 2.33. The molecule has 0 nitrogen and oxygen atoms in total. The van der Waals surface area contributed by atoms with Crippen LogP contribution in [0.4, 0.5) is 13.2 Å². The fourth-order valence-electron chi connectivity index (χ4n) is 0.970. The molecule has 13 heavy (non-hydrogen) atoms. The Morgan fingerprint density at radius 1 is 1.31 bits per heavy atom. The van der Waals surface area contributed by atoms with Crippen molar-refractivity contribution < 1.29 is 13.2 Å². The average Bonchev–Trinajstić information content (AvgIpc) is 2.01. The van der Waals surface area contributed by atoms with Gasteiger partial charge in [0.05, 0.1) is 5.56 Å². The maximum absolute atomic E-state index is 12.3. The van der Waals surface area contributed by atoms with E-state index in [9.17, 15) is 13.2 Å². The van der Waals surface area contributed by atoms with Crippen molar-refractivity contribution in [2.45, 2.75) is 11.9 Å². The topological polar surface area (TPSA) is 0 Å². The summed E-state index contributed by atoms with van der Waals surface area (Å²) in [5.41, 5.74) is -0.574. The van der Waals surface area contributed by atoms with Gasteiger partial charge in [0, 0.05) is 10.8 Å². The molecule has 1 aromatic carbocycles. The van der Waals surface area contributed by atoms with Crippen LogP contribution in [-0.2, 0) is 11.9 Å². The maximum Gasteiger partial charge on any atom is 0.416 e. The third kappa shape index (κ3) is 2.54. The van der Waals surface area contributed by atoms with E-state index in [4.69, 9.17) is 11.6 Å². The first kappa shape index (κ1) is 10.7. The van der Waals surface area contributed by atoms with Gasteiger partial charge in [-0.2, -0.15) is 25.8 Å². The predicted molar refractivity (Wildman–Crippen MR) is 49.1 cm³/mol. The molecule has 1 aromatic rings. The molecule has 0 heterocycles. The van der Waals surface area contributed by atoms with Crippen LogP contribution in [0.2, 0.25) is 5.02 Å². The molecule has 0 aliphatic carbocycles. The van der Waals surface area contributed by atoms with Gasteiger partial charge >= 0.3 is 6.18 Å². The molecule has 0 saturated heterocycles. The largest absolute Gasteiger partial charge is 0.416 e. The zero-order valence-electron chi connectivity index (χ0n) is 6.40. The summed E-state index contributed by atoms with van der Waals surface area (Å²) in [6.45, 7) is 0. The van der Waals surface area contributed by atoms with Gasteiger partial charge in [-0.3, -0.25) is 0 Å². The average molecular weight is 227 g/mol. The molecule has 0 atom stereocenters. The Hall–Kier alpha value is -0.350. The molecule has 1 rings (SSSR count). The number of thiol groups is 1. The summed E-state index contributed by atoms with van der Waals surface area (Å²) >= 11 is 9.34. The van der Waals surface area contributed by atoms with Crippen LogP contribution in [0.3, 0.4) is 0 Å². The van der Waals surface area contributed by atoms with Crippen molar-refractivity contribution in [3.63, 3.8) is 0 Å². The lowest BCUT2D eigenvalue weighted by molar-refractivity contribution is -0.138. The van der Waals surface area contributed by atoms with Crippen LogP contribution >= 0.6 is 24.2 Å². The second kappa shape index (κ2) is 3.80. The molecule has 0 radical (unpaired) electrons. The van der Waals surface area contributed by atoms with E-state index in [2.05, 4.69) is 12.6 Å². The minimum atomic E-state index is -4.33. The van der Waals surface area contributed by atoms with Crippen molar-refractivity contribution in [2.75, 3.05) is 0 Å². The van der Waals surface area contributed by atoms with Crippen molar-refractivity contribution in [1.82, 2.24) is 0 Å². The number of benzene rings is 1. The molecule has 5 heteroatoms. The van der Waals surface area contributed by atoms with Crippen LogP contribution in [0.15, 0.2) is 18.2 Å². The first-order chi connectivity index (χ1) is 5.95. The first-order valence-corrected chi connectivity index (χ1v) is 4.42. The summed E-state index contributed by atoms with van der Waals surface area (Å²) in [5.74, 6) is 0.0232. The Balaban J connectivity index is 3.22. The van der Waals surface area contributed by atoms with Crippen LogP contribution in [-0.4, -0.2) is 0 Å². The van der Waals surface area contributed by atoms with Gasteiger partial charge in [0.2, 0.25) is 0 Å². The highest BCUT2D eigenvalue weighted by molar-refractivity contribution is 7.79. The number of rotatable bonds is 1. The Morgan fingerprint density at radius 2 is 1.92 bits per heavy atom. The maximum atomic E-state index is 12.3. The van der Waals surface area contributed by atoms with Gasteiger partial charge in [0.15, 0.2) is 0 Å². The molecule has 0 spiro atoms. The third-order valence-corrected chi connectivity index (χ3v) is 2.12. The Kier molecular flexibility index (Phi) is 3.14. The van der Waals surface area contributed by atoms with E-state index in [1.807, 2.05) is 0 Å². The molecule has 0 aliphatic heterocycles. The summed E-state index contributed by atoms with van der Waals surface area (Å²) in [6, 6.07) is 3.46. The van der Waals surface area contributed by atoms with Gasteiger partial charge in [-0.25, -0.2) is 0 Å². The second-order valence-corrected chi connectivity index (χ2v) is 3.21. The van der Waals surface area contributed by atoms with Gasteiger partial charge < -0.3 is 0 Å². The highest BCUT2D eigenvalue weighted by Gasteiger charge is 2.32. The molecular formula is C8H6ClF3S. The number of alkyl halides is 3. The summed E-state index contributed by atoms with van der Waals surface area (Å²) < 4.78 is 36.9. The van der Waals surface area contributed by atoms with E-state index in [0.29, 0.717) is 0 Å².